The molecular formula is C24H26N2O3S. The van der Waals surface area contributed by atoms with Crippen LogP contribution < -0.4 is 10.6 Å². The first-order valence-corrected chi connectivity index (χ1v) is 11.3. The van der Waals surface area contributed by atoms with Crippen LogP contribution in [0, 0.1) is 0 Å². The van der Waals surface area contributed by atoms with E-state index in [1.54, 1.807) is 23.5 Å². The number of hydrogen-bond acceptors (Lipinski definition) is 4. The van der Waals surface area contributed by atoms with Crippen molar-refractivity contribution >= 4 is 23.2 Å². The average Bonchev–Trinajstić information content (AvgIpc) is 3.49. The predicted octanol–water partition coefficient (Wildman–Crippen LogP) is 4.64. The number of fused-ring (bicyclic) bond motifs is 1. The minimum absolute atomic E-state index is 0.0154. The third-order valence-corrected chi connectivity index (χ3v) is 6.39. The maximum Gasteiger partial charge on any atom is 0.286 e. The van der Waals surface area contributed by atoms with E-state index in [1.165, 1.54) is 30.2 Å². The maximum atomic E-state index is 12.6. The third kappa shape index (κ3) is 5.00. The van der Waals surface area contributed by atoms with Crippen LogP contribution in [0.2, 0.25) is 0 Å². The number of carbonyl (C=O) groups is 2. The summed E-state index contributed by atoms with van der Waals surface area (Å²) in [5, 5.41) is 8.01. The van der Waals surface area contributed by atoms with Gasteiger partial charge >= 0.3 is 0 Å². The molecule has 1 aromatic carbocycles. The summed E-state index contributed by atoms with van der Waals surface area (Å²) < 4.78 is 5.07. The Morgan fingerprint density at radius 2 is 1.93 bits per heavy atom. The second kappa shape index (κ2) is 9.76. The summed E-state index contributed by atoms with van der Waals surface area (Å²) in [6.45, 7) is 0.426. The van der Waals surface area contributed by atoms with Crippen molar-refractivity contribution in [3.63, 3.8) is 0 Å². The van der Waals surface area contributed by atoms with Crippen molar-refractivity contribution in [3.8, 4) is 0 Å². The van der Waals surface area contributed by atoms with E-state index in [0.717, 1.165) is 23.3 Å². The van der Waals surface area contributed by atoms with Crippen LogP contribution in [-0.2, 0) is 17.6 Å². The second-order valence-corrected chi connectivity index (χ2v) is 8.57. The quantitative estimate of drug-likeness (QED) is 0.520. The lowest BCUT2D eigenvalue weighted by atomic mass is 9.89. The fourth-order valence-electron chi connectivity index (χ4n) is 3.89. The molecule has 1 aliphatic carbocycles. The second-order valence-electron chi connectivity index (χ2n) is 7.59. The molecule has 0 fully saturated rings. The van der Waals surface area contributed by atoms with Gasteiger partial charge in [-0.1, -0.05) is 24.3 Å². The zero-order chi connectivity index (χ0) is 20.8. The summed E-state index contributed by atoms with van der Waals surface area (Å²) in [6.07, 6.45) is 7.14. The van der Waals surface area contributed by atoms with Crippen LogP contribution in [0.3, 0.4) is 0 Å². The fraction of sp³-hybridized carbons (Fsp3) is 0.333. The number of nitrogens with one attached hydrogen (secondary N) is 2. The molecule has 5 nitrogen and oxygen atoms in total. The van der Waals surface area contributed by atoms with E-state index >= 15 is 0 Å². The van der Waals surface area contributed by atoms with Crippen LogP contribution in [0.15, 0.2) is 58.5 Å². The van der Waals surface area contributed by atoms with Gasteiger partial charge in [0.25, 0.3) is 5.91 Å². The lowest BCUT2D eigenvalue weighted by Crippen LogP contribution is -2.30. The van der Waals surface area contributed by atoms with E-state index in [1.807, 2.05) is 11.4 Å². The zero-order valence-corrected chi connectivity index (χ0v) is 17.7. The highest BCUT2D eigenvalue weighted by atomic mass is 32.1. The predicted molar refractivity (Wildman–Crippen MR) is 118 cm³/mol. The van der Waals surface area contributed by atoms with Gasteiger partial charge in [0.2, 0.25) is 5.91 Å². The Bertz CT molecular complexity index is 980. The fourth-order valence-corrected chi connectivity index (χ4v) is 4.69. The SMILES string of the molecule is O=C(CCCNC(=O)c1ccco1)NC(c1ccc2c(c1)CCCC2)c1cccs1. The van der Waals surface area contributed by atoms with Gasteiger partial charge in [0, 0.05) is 17.8 Å². The summed E-state index contributed by atoms with van der Waals surface area (Å²) >= 11 is 1.65. The first-order valence-electron chi connectivity index (χ1n) is 10.5. The van der Waals surface area contributed by atoms with Crippen LogP contribution >= 0.6 is 11.3 Å². The lowest BCUT2D eigenvalue weighted by Gasteiger charge is -2.22. The standard InChI is InChI=1S/C24H26N2O3S/c27-22(10-3-13-25-24(28)20-8-4-14-29-20)26-23(21-9-5-15-30-21)19-12-11-17-6-1-2-7-18(17)16-19/h4-5,8-9,11-12,14-16,23H,1-3,6-7,10,13H2,(H,25,28)(H,26,27). The van der Waals surface area contributed by atoms with Gasteiger partial charge in [-0.2, -0.15) is 0 Å². The molecule has 0 aliphatic heterocycles. The van der Waals surface area contributed by atoms with Crippen molar-refractivity contribution in [1.29, 1.82) is 0 Å². The number of hydrogen-bond donors (Lipinski definition) is 2. The summed E-state index contributed by atoms with van der Waals surface area (Å²) in [4.78, 5) is 25.7. The largest absolute Gasteiger partial charge is 0.459 e. The van der Waals surface area contributed by atoms with Crippen molar-refractivity contribution in [2.45, 2.75) is 44.6 Å². The van der Waals surface area contributed by atoms with Gasteiger partial charge in [-0.05, 0) is 72.4 Å². The molecule has 0 radical (unpaired) electrons. The average molecular weight is 423 g/mol. The minimum Gasteiger partial charge on any atom is -0.459 e. The number of carbonyl (C=O) groups excluding carboxylic acids is 2. The lowest BCUT2D eigenvalue weighted by molar-refractivity contribution is -0.121. The molecule has 30 heavy (non-hydrogen) atoms. The number of aryl methyl sites for hydroxylation is 2. The number of rotatable bonds is 8. The molecule has 1 unspecified atom stereocenters. The van der Waals surface area contributed by atoms with Crippen LogP contribution in [0.1, 0.15) is 63.8 Å². The van der Waals surface area contributed by atoms with Crippen LogP contribution in [0.4, 0.5) is 0 Å². The van der Waals surface area contributed by atoms with Crippen molar-refractivity contribution in [3.05, 3.63) is 81.4 Å². The Kier molecular flexibility index (Phi) is 6.64. The van der Waals surface area contributed by atoms with Crippen molar-refractivity contribution in [1.82, 2.24) is 10.6 Å². The molecule has 2 amide bonds. The van der Waals surface area contributed by atoms with Crippen molar-refractivity contribution < 1.29 is 14.0 Å². The molecule has 4 rings (SSSR count). The molecular weight excluding hydrogens is 396 g/mol. The highest BCUT2D eigenvalue weighted by molar-refractivity contribution is 7.10. The molecule has 2 aromatic heterocycles. The Balaban J connectivity index is 1.35. The first kappa shape index (κ1) is 20.4. The highest BCUT2D eigenvalue weighted by Crippen LogP contribution is 2.30. The van der Waals surface area contributed by atoms with E-state index in [0.29, 0.717) is 19.4 Å². The van der Waals surface area contributed by atoms with Crippen molar-refractivity contribution in [2.75, 3.05) is 6.54 Å². The third-order valence-electron chi connectivity index (χ3n) is 5.45. The smallest absolute Gasteiger partial charge is 0.286 e. The number of furan rings is 1. The van der Waals surface area contributed by atoms with E-state index in [4.69, 9.17) is 4.42 Å². The minimum atomic E-state index is -0.258. The number of thiophene rings is 1. The molecule has 0 spiro atoms. The van der Waals surface area contributed by atoms with Gasteiger partial charge in [0.15, 0.2) is 5.76 Å². The Morgan fingerprint density at radius 3 is 2.70 bits per heavy atom. The van der Waals surface area contributed by atoms with Crippen molar-refractivity contribution in [2.24, 2.45) is 0 Å². The van der Waals surface area contributed by atoms with E-state index in [-0.39, 0.29) is 23.6 Å². The number of benzene rings is 1. The summed E-state index contributed by atoms with van der Waals surface area (Å²) in [5.74, 6) is 0.00826. The Hall–Kier alpha value is -2.86. The van der Waals surface area contributed by atoms with E-state index < -0.39 is 0 Å². The zero-order valence-electron chi connectivity index (χ0n) is 16.9. The molecule has 0 saturated heterocycles. The number of amides is 2. The summed E-state index contributed by atoms with van der Waals surface area (Å²) in [5.41, 5.74) is 3.99. The van der Waals surface area contributed by atoms with E-state index in [2.05, 4.69) is 34.9 Å². The molecule has 6 heteroatoms. The normalized spacial score (nSPS) is 14.0. The molecule has 3 aromatic rings. The molecule has 0 bridgehead atoms. The summed E-state index contributed by atoms with van der Waals surface area (Å²) in [7, 11) is 0. The first-order chi connectivity index (χ1) is 14.7. The summed E-state index contributed by atoms with van der Waals surface area (Å²) in [6, 6.07) is 13.9. The van der Waals surface area contributed by atoms with Crippen LogP contribution in [0.25, 0.3) is 0 Å². The molecule has 1 aliphatic rings. The van der Waals surface area contributed by atoms with E-state index in [9.17, 15) is 9.59 Å². The Morgan fingerprint density at radius 1 is 1.07 bits per heavy atom. The van der Waals surface area contributed by atoms with Crippen LogP contribution in [-0.4, -0.2) is 18.4 Å². The van der Waals surface area contributed by atoms with Gasteiger partial charge in [-0.25, -0.2) is 0 Å². The molecule has 156 valence electrons. The Labute approximate surface area is 180 Å². The molecule has 1 atom stereocenters. The van der Waals surface area contributed by atoms with Gasteiger partial charge in [-0.15, -0.1) is 11.3 Å². The van der Waals surface area contributed by atoms with Gasteiger partial charge in [0.1, 0.15) is 0 Å². The van der Waals surface area contributed by atoms with Gasteiger partial charge in [-0.3, -0.25) is 9.59 Å². The molecule has 2 heterocycles. The monoisotopic (exact) mass is 422 g/mol. The van der Waals surface area contributed by atoms with Gasteiger partial charge in [0.05, 0.1) is 12.3 Å². The molecule has 0 saturated carbocycles. The van der Waals surface area contributed by atoms with Crippen LogP contribution in [0.5, 0.6) is 0 Å². The maximum absolute atomic E-state index is 12.6. The molecule has 2 N–H and O–H groups in total. The topological polar surface area (TPSA) is 71.3 Å². The highest BCUT2D eigenvalue weighted by Gasteiger charge is 2.20. The van der Waals surface area contributed by atoms with Gasteiger partial charge < -0.3 is 15.1 Å².